The van der Waals surface area contributed by atoms with Gasteiger partial charge >= 0.3 is 0 Å². The van der Waals surface area contributed by atoms with Crippen LogP contribution in [0.1, 0.15) is 23.1 Å². The highest BCUT2D eigenvalue weighted by atomic mass is 15.1. The van der Waals surface area contributed by atoms with Crippen molar-refractivity contribution in [3.63, 3.8) is 0 Å². The second kappa shape index (κ2) is 13.7. The average Bonchev–Trinajstić information content (AvgIpc) is 3.11. The number of allylic oxidation sites excluding steroid dienone is 6. The second-order valence-electron chi connectivity index (χ2n) is 12.4. The van der Waals surface area contributed by atoms with Crippen molar-refractivity contribution < 1.29 is 0 Å². The van der Waals surface area contributed by atoms with E-state index in [0.29, 0.717) is 0 Å². The van der Waals surface area contributed by atoms with E-state index < -0.39 is 0 Å². The molecule has 2 nitrogen and oxygen atoms in total. The topological polar surface area (TPSA) is 6.48 Å². The Balaban J connectivity index is 1.19. The van der Waals surface area contributed by atoms with Gasteiger partial charge in [-0.25, -0.2) is 0 Å². The van der Waals surface area contributed by atoms with Crippen LogP contribution in [0.25, 0.3) is 34.4 Å². The number of hydrogen-bond donors (Lipinski definition) is 0. The van der Waals surface area contributed by atoms with Crippen LogP contribution in [-0.4, -0.2) is 28.2 Å². The SMILES string of the molecule is CN(C)c1ccccc1-c1ccc(C=CC2=CCC(C=Cc3ccc(-c4ccccc4N(C)C)cc3)(c3ccccc3)C=C2)cc1. The van der Waals surface area contributed by atoms with Gasteiger partial charge in [-0.15, -0.1) is 0 Å². The summed E-state index contributed by atoms with van der Waals surface area (Å²) >= 11 is 0. The van der Waals surface area contributed by atoms with Gasteiger partial charge < -0.3 is 9.80 Å². The van der Waals surface area contributed by atoms with Gasteiger partial charge in [0.15, 0.2) is 0 Å². The fourth-order valence-electron chi connectivity index (χ4n) is 6.17. The Morgan fingerprint density at radius 3 is 1.52 bits per heavy atom. The van der Waals surface area contributed by atoms with E-state index in [2.05, 4.69) is 208 Å². The Morgan fingerprint density at radius 2 is 1.02 bits per heavy atom. The lowest BCUT2D eigenvalue weighted by molar-refractivity contribution is 0.675. The predicted molar refractivity (Wildman–Crippen MR) is 200 cm³/mol. The van der Waals surface area contributed by atoms with Gasteiger partial charge in [0, 0.05) is 56.1 Å². The minimum Gasteiger partial charge on any atom is -0.377 e. The molecule has 0 amide bonds. The Hall–Kier alpha value is -5.34. The lowest BCUT2D eigenvalue weighted by Gasteiger charge is -2.30. The molecule has 0 spiro atoms. The molecule has 0 saturated carbocycles. The zero-order chi connectivity index (χ0) is 31.9. The maximum absolute atomic E-state index is 2.36. The van der Waals surface area contributed by atoms with Crippen molar-refractivity contribution in [1.29, 1.82) is 0 Å². The van der Waals surface area contributed by atoms with E-state index in [1.807, 2.05) is 0 Å². The lowest BCUT2D eigenvalue weighted by atomic mass is 9.74. The summed E-state index contributed by atoms with van der Waals surface area (Å²) in [5.74, 6) is 0. The van der Waals surface area contributed by atoms with Gasteiger partial charge in [-0.2, -0.15) is 0 Å². The molecule has 0 heterocycles. The Bertz CT molecular complexity index is 1890. The van der Waals surface area contributed by atoms with E-state index in [-0.39, 0.29) is 5.41 Å². The van der Waals surface area contributed by atoms with Crippen LogP contribution in [0.2, 0.25) is 0 Å². The summed E-state index contributed by atoms with van der Waals surface area (Å²) in [4.78, 5) is 4.33. The maximum atomic E-state index is 2.36. The first kappa shape index (κ1) is 30.7. The van der Waals surface area contributed by atoms with Crippen LogP contribution in [0, 0.1) is 0 Å². The number of anilines is 2. The molecule has 228 valence electrons. The van der Waals surface area contributed by atoms with Crippen LogP contribution in [0.4, 0.5) is 11.4 Å². The van der Waals surface area contributed by atoms with Gasteiger partial charge in [-0.05, 0) is 51.9 Å². The van der Waals surface area contributed by atoms with E-state index in [1.165, 1.54) is 55.9 Å². The van der Waals surface area contributed by atoms with Crippen molar-refractivity contribution in [3.05, 3.63) is 180 Å². The van der Waals surface area contributed by atoms with Crippen molar-refractivity contribution in [2.24, 2.45) is 0 Å². The molecule has 1 unspecified atom stereocenters. The minimum absolute atomic E-state index is 0.198. The summed E-state index contributed by atoms with van der Waals surface area (Å²) in [6.07, 6.45) is 16.9. The fraction of sp³-hybridized carbons (Fsp3) is 0.136. The molecule has 0 N–H and O–H groups in total. The first-order valence-corrected chi connectivity index (χ1v) is 16.0. The molecule has 1 aliphatic rings. The van der Waals surface area contributed by atoms with Crippen LogP contribution in [0.5, 0.6) is 0 Å². The normalized spacial score (nSPS) is 16.1. The smallest absolute Gasteiger partial charge is 0.0440 e. The van der Waals surface area contributed by atoms with Crippen molar-refractivity contribution in [2.75, 3.05) is 38.0 Å². The van der Waals surface area contributed by atoms with Crippen LogP contribution >= 0.6 is 0 Å². The van der Waals surface area contributed by atoms with E-state index in [0.717, 1.165) is 6.42 Å². The zero-order valence-corrected chi connectivity index (χ0v) is 27.3. The number of para-hydroxylation sites is 2. The number of nitrogens with zero attached hydrogens (tertiary/aromatic N) is 2. The molecule has 2 heteroatoms. The third-order valence-electron chi connectivity index (χ3n) is 8.82. The molecule has 0 saturated heterocycles. The van der Waals surface area contributed by atoms with Crippen LogP contribution in [0.15, 0.2) is 163 Å². The third-order valence-corrected chi connectivity index (χ3v) is 8.82. The molecule has 1 aliphatic carbocycles. The first-order chi connectivity index (χ1) is 22.4. The third kappa shape index (κ3) is 6.82. The highest BCUT2D eigenvalue weighted by molar-refractivity contribution is 5.80. The van der Waals surface area contributed by atoms with Gasteiger partial charge in [-0.1, -0.05) is 158 Å². The minimum atomic E-state index is -0.198. The first-order valence-electron chi connectivity index (χ1n) is 16.0. The van der Waals surface area contributed by atoms with E-state index in [4.69, 9.17) is 0 Å². The van der Waals surface area contributed by atoms with Crippen molar-refractivity contribution in [1.82, 2.24) is 0 Å². The number of benzene rings is 5. The Morgan fingerprint density at radius 1 is 0.522 bits per heavy atom. The fourth-order valence-corrected chi connectivity index (χ4v) is 6.17. The van der Waals surface area contributed by atoms with E-state index in [1.54, 1.807) is 0 Å². The molecule has 0 aromatic heterocycles. The standard InChI is InChI=1S/C44H42N2/c1-45(2)42-16-10-8-14-40(42)37-24-20-34(21-25-37)18-19-36-29-32-44(33-30-36,39-12-6-5-7-13-39)31-28-35-22-26-38(27-23-35)41-15-9-11-17-43(41)46(3)4/h5-32H,33H2,1-4H3. The molecule has 0 fully saturated rings. The summed E-state index contributed by atoms with van der Waals surface area (Å²) in [6.45, 7) is 0. The molecular formula is C44H42N2. The quantitative estimate of drug-likeness (QED) is 0.167. The van der Waals surface area contributed by atoms with E-state index >= 15 is 0 Å². The van der Waals surface area contributed by atoms with Crippen LogP contribution in [0.3, 0.4) is 0 Å². The highest BCUT2D eigenvalue weighted by Crippen LogP contribution is 2.37. The van der Waals surface area contributed by atoms with Crippen molar-refractivity contribution in [3.8, 4) is 22.3 Å². The Kier molecular flexibility index (Phi) is 9.17. The average molecular weight is 599 g/mol. The molecule has 5 aromatic rings. The number of hydrogen-bond acceptors (Lipinski definition) is 2. The second-order valence-corrected chi connectivity index (χ2v) is 12.4. The summed E-state index contributed by atoms with van der Waals surface area (Å²) in [5.41, 5.74) is 12.1. The Labute approximate surface area is 275 Å². The van der Waals surface area contributed by atoms with E-state index in [9.17, 15) is 0 Å². The summed E-state index contributed by atoms with van der Waals surface area (Å²) in [6, 6.07) is 45.7. The summed E-state index contributed by atoms with van der Waals surface area (Å²) in [5, 5.41) is 0. The number of rotatable bonds is 9. The molecule has 0 bridgehead atoms. The predicted octanol–water partition coefficient (Wildman–Crippen LogP) is 10.7. The molecule has 5 aromatic carbocycles. The molecule has 0 radical (unpaired) electrons. The maximum Gasteiger partial charge on any atom is 0.0440 e. The summed E-state index contributed by atoms with van der Waals surface area (Å²) < 4.78 is 0. The van der Waals surface area contributed by atoms with Gasteiger partial charge in [0.2, 0.25) is 0 Å². The van der Waals surface area contributed by atoms with Gasteiger partial charge in [0.1, 0.15) is 0 Å². The lowest BCUT2D eigenvalue weighted by Crippen LogP contribution is -2.21. The van der Waals surface area contributed by atoms with Crippen molar-refractivity contribution in [2.45, 2.75) is 11.8 Å². The zero-order valence-electron chi connectivity index (χ0n) is 27.3. The van der Waals surface area contributed by atoms with Crippen LogP contribution in [-0.2, 0) is 5.41 Å². The monoisotopic (exact) mass is 598 g/mol. The molecular weight excluding hydrogens is 556 g/mol. The van der Waals surface area contributed by atoms with Gasteiger partial charge in [0.05, 0.1) is 0 Å². The largest absolute Gasteiger partial charge is 0.377 e. The summed E-state index contributed by atoms with van der Waals surface area (Å²) in [7, 11) is 8.37. The molecule has 46 heavy (non-hydrogen) atoms. The molecule has 0 aliphatic heterocycles. The molecule has 6 rings (SSSR count). The van der Waals surface area contributed by atoms with Gasteiger partial charge in [0.25, 0.3) is 0 Å². The van der Waals surface area contributed by atoms with Crippen molar-refractivity contribution >= 4 is 23.5 Å². The molecule has 1 atom stereocenters. The highest BCUT2D eigenvalue weighted by Gasteiger charge is 2.27. The van der Waals surface area contributed by atoms with Gasteiger partial charge in [-0.3, -0.25) is 0 Å². The van der Waals surface area contributed by atoms with Crippen LogP contribution < -0.4 is 9.80 Å².